The summed E-state index contributed by atoms with van der Waals surface area (Å²) in [5, 5.41) is 14.7. The van der Waals surface area contributed by atoms with Crippen LogP contribution >= 0.6 is 0 Å². The van der Waals surface area contributed by atoms with Gasteiger partial charge in [0.25, 0.3) is 5.91 Å². The Bertz CT molecular complexity index is 951. The highest BCUT2D eigenvalue weighted by Crippen LogP contribution is 2.39. The van der Waals surface area contributed by atoms with Crippen molar-refractivity contribution in [1.29, 1.82) is 0 Å². The van der Waals surface area contributed by atoms with E-state index in [9.17, 15) is 4.79 Å². The normalized spacial score (nSPS) is 15.0. The van der Waals surface area contributed by atoms with Gasteiger partial charge in [0.2, 0.25) is 0 Å². The molecule has 0 bridgehead atoms. The summed E-state index contributed by atoms with van der Waals surface area (Å²) in [5.74, 6) is 0.389. The number of hydrogen-bond acceptors (Lipinski definition) is 3. The molecule has 26 heavy (non-hydrogen) atoms. The molecule has 1 aliphatic carbocycles. The fraction of sp³-hybridized carbons (Fsp3) is 0.350. The third-order valence-electron chi connectivity index (χ3n) is 5.05. The molecule has 0 spiro atoms. The van der Waals surface area contributed by atoms with E-state index >= 15 is 0 Å². The average Bonchev–Trinajstić information content (AvgIpc) is 3.22. The van der Waals surface area contributed by atoms with Crippen molar-refractivity contribution in [2.24, 2.45) is 0 Å². The highest BCUT2D eigenvalue weighted by Gasteiger charge is 2.27. The van der Waals surface area contributed by atoms with Crippen LogP contribution in [0, 0.1) is 13.8 Å². The third kappa shape index (κ3) is 3.03. The van der Waals surface area contributed by atoms with Gasteiger partial charge in [0.15, 0.2) is 0 Å². The van der Waals surface area contributed by atoms with Crippen LogP contribution in [0.5, 0.6) is 0 Å². The zero-order chi connectivity index (χ0) is 18.3. The maximum Gasteiger partial charge on any atom is 0.272 e. The van der Waals surface area contributed by atoms with Crippen molar-refractivity contribution in [3.05, 3.63) is 64.7 Å². The highest BCUT2D eigenvalue weighted by atomic mass is 16.2. The van der Waals surface area contributed by atoms with Gasteiger partial charge in [-0.3, -0.25) is 9.89 Å². The lowest BCUT2D eigenvalue weighted by molar-refractivity contribution is 0.0934. The van der Waals surface area contributed by atoms with E-state index in [1.165, 1.54) is 12.8 Å². The van der Waals surface area contributed by atoms with Crippen molar-refractivity contribution >= 4 is 5.91 Å². The molecule has 6 heteroatoms. The van der Waals surface area contributed by atoms with Crippen LogP contribution in [0.3, 0.4) is 0 Å². The van der Waals surface area contributed by atoms with Crippen LogP contribution in [0.25, 0.3) is 5.69 Å². The van der Waals surface area contributed by atoms with E-state index in [0.29, 0.717) is 11.6 Å². The third-order valence-corrected chi connectivity index (χ3v) is 5.05. The average molecular weight is 349 g/mol. The van der Waals surface area contributed by atoms with E-state index in [1.807, 2.05) is 49.0 Å². The number of amides is 1. The highest BCUT2D eigenvalue weighted by molar-refractivity contribution is 5.92. The molecule has 3 aromatic rings. The molecule has 2 heterocycles. The van der Waals surface area contributed by atoms with Gasteiger partial charge < -0.3 is 5.32 Å². The van der Waals surface area contributed by atoms with Crippen LogP contribution in [0.15, 0.2) is 36.5 Å². The summed E-state index contributed by atoms with van der Waals surface area (Å²) < 4.78 is 1.92. The van der Waals surface area contributed by atoms with Gasteiger partial charge in [-0.15, -0.1) is 0 Å². The second-order valence-electron chi connectivity index (χ2n) is 7.06. The molecule has 0 unspecified atom stereocenters. The SMILES string of the molecule is Cc1ccccc1-n1ncc([C@H](C)NC(=O)c2cc(C3CC3)[nH]n2)c1C. The van der Waals surface area contributed by atoms with Crippen molar-refractivity contribution in [2.45, 2.75) is 45.6 Å². The van der Waals surface area contributed by atoms with Crippen LogP contribution in [0.2, 0.25) is 0 Å². The monoisotopic (exact) mass is 349 g/mol. The summed E-state index contributed by atoms with van der Waals surface area (Å²) in [6.45, 7) is 6.06. The van der Waals surface area contributed by atoms with Crippen molar-refractivity contribution in [2.75, 3.05) is 0 Å². The van der Waals surface area contributed by atoms with Gasteiger partial charge in [0, 0.05) is 22.9 Å². The molecule has 2 aromatic heterocycles. The van der Waals surface area contributed by atoms with Gasteiger partial charge in [0.05, 0.1) is 17.9 Å². The van der Waals surface area contributed by atoms with Crippen molar-refractivity contribution in [3.63, 3.8) is 0 Å². The maximum absolute atomic E-state index is 12.5. The molecule has 0 saturated heterocycles. The molecule has 1 saturated carbocycles. The molecule has 1 amide bonds. The Morgan fingerprint density at radius 1 is 1.31 bits per heavy atom. The van der Waals surface area contributed by atoms with E-state index in [4.69, 9.17) is 0 Å². The first-order chi connectivity index (χ1) is 12.5. The first-order valence-corrected chi connectivity index (χ1v) is 9.01. The fourth-order valence-corrected chi connectivity index (χ4v) is 3.30. The molecule has 1 fully saturated rings. The van der Waals surface area contributed by atoms with E-state index in [0.717, 1.165) is 28.2 Å². The molecule has 2 N–H and O–H groups in total. The number of hydrogen-bond donors (Lipinski definition) is 2. The predicted molar refractivity (Wildman–Crippen MR) is 99.5 cm³/mol. The Balaban J connectivity index is 1.52. The Labute approximate surface area is 152 Å². The summed E-state index contributed by atoms with van der Waals surface area (Å²) in [7, 11) is 0. The number of para-hydroxylation sites is 1. The molecule has 0 aliphatic heterocycles. The van der Waals surface area contributed by atoms with Crippen LogP contribution in [-0.4, -0.2) is 25.9 Å². The maximum atomic E-state index is 12.5. The van der Waals surface area contributed by atoms with Crippen molar-refractivity contribution in [1.82, 2.24) is 25.3 Å². The number of aromatic amines is 1. The lowest BCUT2D eigenvalue weighted by Crippen LogP contribution is -2.27. The van der Waals surface area contributed by atoms with Gasteiger partial charge in [0.1, 0.15) is 5.69 Å². The zero-order valence-electron chi connectivity index (χ0n) is 15.3. The van der Waals surface area contributed by atoms with Crippen LogP contribution in [0.1, 0.15) is 64.7 Å². The van der Waals surface area contributed by atoms with Gasteiger partial charge in [-0.1, -0.05) is 18.2 Å². The van der Waals surface area contributed by atoms with E-state index in [1.54, 1.807) is 0 Å². The standard InChI is InChI=1S/C20H23N5O/c1-12-6-4-5-7-19(12)25-14(3)16(11-21-25)13(2)22-20(26)18-10-17(23-24-18)15-8-9-15/h4-7,10-11,13,15H,8-9H2,1-3H3,(H,22,26)(H,23,24)/t13-/m0/s1. The van der Waals surface area contributed by atoms with Gasteiger partial charge in [-0.25, -0.2) is 4.68 Å². The molecule has 1 atom stereocenters. The van der Waals surface area contributed by atoms with E-state index in [-0.39, 0.29) is 11.9 Å². The van der Waals surface area contributed by atoms with E-state index in [2.05, 4.69) is 33.6 Å². The minimum Gasteiger partial charge on any atom is -0.344 e. The number of nitrogens with one attached hydrogen (secondary N) is 2. The molecule has 0 radical (unpaired) electrons. The first kappa shape index (κ1) is 16.6. The summed E-state index contributed by atoms with van der Waals surface area (Å²) >= 11 is 0. The van der Waals surface area contributed by atoms with Crippen LogP contribution in [0.4, 0.5) is 0 Å². The quantitative estimate of drug-likeness (QED) is 0.739. The minimum absolute atomic E-state index is 0.152. The fourth-order valence-electron chi connectivity index (χ4n) is 3.30. The number of benzene rings is 1. The lowest BCUT2D eigenvalue weighted by atomic mass is 10.1. The molecular weight excluding hydrogens is 326 g/mol. The van der Waals surface area contributed by atoms with Gasteiger partial charge in [-0.05, 0) is 51.3 Å². The topological polar surface area (TPSA) is 75.6 Å². The van der Waals surface area contributed by atoms with Gasteiger partial charge in [-0.2, -0.15) is 10.2 Å². The molecular formula is C20H23N5O. The van der Waals surface area contributed by atoms with Crippen LogP contribution < -0.4 is 5.32 Å². The first-order valence-electron chi connectivity index (χ1n) is 9.01. The number of aryl methyl sites for hydroxylation is 1. The van der Waals surface area contributed by atoms with Crippen molar-refractivity contribution in [3.8, 4) is 5.69 Å². The molecule has 1 aliphatic rings. The Kier molecular flexibility index (Phi) is 4.11. The Morgan fingerprint density at radius 2 is 2.08 bits per heavy atom. The predicted octanol–water partition coefficient (Wildman–Crippen LogP) is 3.58. The number of carbonyl (C=O) groups is 1. The Morgan fingerprint density at radius 3 is 2.81 bits per heavy atom. The second kappa shape index (κ2) is 6.44. The number of carbonyl (C=O) groups excluding carboxylic acids is 1. The number of aromatic nitrogens is 4. The largest absolute Gasteiger partial charge is 0.344 e. The second-order valence-corrected chi connectivity index (χ2v) is 7.06. The van der Waals surface area contributed by atoms with Crippen LogP contribution in [-0.2, 0) is 0 Å². The molecule has 6 nitrogen and oxygen atoms in total. The number of H-pyrrole nitrogens is 1. The summed E-state index contributed by atoms with van der Waals surface area (Å²) in [4.78, 5) is 12.5. The molecule has 4 rings (SSSR count). The molecule has 1 aromatic carbocycles. The summed E-state index contributed by atoms with van der Waals surface area (Å²) in [6.07, 6.45) is 4.18. The smallest absolute Gasteiger partial charge is 0.272 e. The van der Waals surface area contributed by atoms with E-state index < -0.39 is 0 Å². The number of rotatable bonds is 5. The zero-order valence-corrected chi connectivity index (χ0v) is 15.3. The van der Waals surface area contributed by atoms with Crippen molar-refractivity contribution < 1.29 is 4.79 Å². The molecule has 134 valence electrons. The van der Waals surface area contributed by atoms with Gasteiger partial charge >= 0.3 is 0 Å². The Hall–Kier alpha value is -2.89. The summed E-state index contributed by atoms with van der Waals surface area (Å²) in [5.41, 5.74) is 5.74. The number of nitrogens with zero attached hydrogens (tertiary/aromatic N) is 3. The minimum atomic E-state index is -0.163. The lowest BCUT2D eigenvalue weighted by Gasteiger charge is -2.14. The summed E-state index contributed by atoms with van der Waals surface area (Å²) in [6, 6.07) is 9.84.